The first kappa shape index (κ1) is 45.7. The molecule has 0 fully saturated rings. The Kier molecular flexibility index (Phi) is 29.9. The SMILES string of the molecule is CCCCCCCCCCCCCCCC(=O)OC[C@H](COP(=O)(O)OCC[N+](C)(C)C)OC(=O)CCCCCCCCCCC=O. The van der Waals surface area contributed by atoms with Crippen LogP contribution in [0.3, 0.4) is 0 Å². The predicted octanol–water partition coefficient (Wildman–Crippen LogP) is 8.86. The summed E-state index contributed by atoms with van der Waals surface area (Å²) in [6.45, 7) is 2.11. The van der Waals surface area contributed by atoms with Gasteiger partial charge in [-0.05, 0) is 19.3 Å². The molecule has 0 saturated carbocycles. The molecule has 11 heteroatoms. The van der Waals surface area contributed by atoms with Crippen molar-refractivity contribution in [3.8, 4) is 0 Å². The molecule has 0 aromatic heterocycles. The lowest BCUT2D eigenvalue weighted by Gasteiger charge is -2.24. The van der Waals surface area contributed by atoms with Gasteiger partial charge >= 0.3 is 19.8 Å². The number of ether oxygens (including phenoxy) is 2. The van der Waals surface area contributed by atoms with Crippen molar-refractivity contribution in [2.45, 2.75) is 167 Å². The number of phosphoric acid groups is 1. The molecule has 278 valence electrons. The molecule has 0 spiro atoms. The molecule has 0 amide bonds. The average Bonchev–Trinajstić information content (AvgIpc) is 3.01. The third-order valence-electron chi connectivity index (χ3n) is 8.11. The van der Waals surface area contributed by atoms with E-state index in [4.69, 9.17) is 18.5 Å². The predicted molar refractivity (Wildman–Crippen MR) is 188 cm³/mol. The Balaban J connectivity index is 4.40. The van der Waals surface area contributed by atoms with Crippen molar-refractivity contribution in [1.82, 2.24) is 0 Å². The van der Waals surface area contributed by atoms with E-state index in [1.807, 2.05) is 21.1 Å². The van der Waals surface area contributed by atoms with E-state index in [0.29, 0.717) is 23.9 Å². The number of rotatable bonds is 35. The third-order valence-corrected chi connectivity index (χ3v) is 9.09. The molecule has 1 unspecified atom stereocenters. The van der Waals surface area contributed by atoms with Gasteiger partial charge in [0.25, 0.3) is 0 Å². The van der Waals surface area contributed by atoms with Crippen LogP contribution in [-0.4, -0.2) is 81.2 Å². The summed E-state index contributed by atoms with van der Waals surface area (Å²) in [5.74, 6) is -0.842. The van der Waals surface area contributed by atoms with Crippen LogP contribution in [0.25, 0.3) is 0 Å². The van der Waals surface area contributed by atoms with Crippen LogP contribution in [0.4, 0.5) is 0 Å². The maximum Gasteiger partial charge on any atom is 0.472 e. The zero-order valence-electron chi connectivity index (χ0n) is 30.6. The van der Waals surface area contributed by atoms with E-state index in [1.165, 1.54) is 64.2 Å². The summed E-state index contributed by atoms with van der Waals surface area (Å²) >= 11 is 0. The van der Waals surface area contributed by atoms with E-state index in [0.717, 1.165) is 70.5 Å². The molecule has 0 bridgehead atoms. The first-order valence-corrected chi connectivity index (χ1v) is 20.2. The van der Waals surface area contributed by atoms with Crippen LogP contribution < -0.4 is 0 Å². The van der Waals surface area contributed by atoms with Gasteiger partial charge in [0.15, 0.2) is 6.10 Å². The Bertz CT molecular complexity index is 819. The third kappa shape index (κ3) is 34.3. The summed E-state index contributed by atoms with van der Waals surface area (Å²) in [5.41, 5.74) is 0. The molecule has 0 aromatic carbocycles. The average molecular weight is 693 g/mol. The van der Waals surface area contributed by atoms with Gasteiger partial charge in [0.2, 0.25) is 0 Å². The minimum atomic E-state index is -4.37. The van der Waals surface area contributed by atoms with E-state index in [-0.39, 0.29) is 32.0 Å². The van der Waals surface area contributed by atoms with E-state index < -0.39 is 26.5 Å². The Hall–Kier alpha value is -1.32. The number of nitrogens with zero attached hydrogens (tertiary/aromatic N) is 1. The topological polar surface area (TPSA) is 125 Å². The molecular weight excluding hydrogens is 621 g/mol. The number of esters is 2. The van der Waals surface area contributed by atoms with Crippen LogP contribution in [0.1, 0.15) is 161 Å². The molecule has 10 nitrogen and oxygen atoms in total. The van der Waals surface area contributed by atoms with Crippen molar-refractivity contribution in [3.05, 3.63) is 0 Å². The second kappa shape index (κ2) is 30.7. The van der Waals surface area contributed by atoms with Crippen LogP contribution in [0.15, 0.2) is 0 Å². The summed E-state index contributed by atoms with van der Waals surface area (Å²) in [6, 6.07) is 0. The van der Waals surface area contributed by atoms with Gasteiger partial charge in [0, 0.05) is 19.3 Å². The van der Waals surface area contributed by atoms with Gasteiger partial charge in [0.1, 0.15) is 26.0 Å². The number of hydrogen-bond acceptors (Lipinski definition) is 8. The highest BCUT2D eigenvalue weighted by Gasteiger charge is 2.27. The molecule has 0 aliphatic rings. The number of likely N-dealkylation sites (N-methyl/N-ethyl adjacent to an activating group) is 1. The zero-order chi connectivity index (χ0) is 35.1. The molecular formula is C36H71NO9P+. The number of phosphoric ester groups is 1. The molecule has 0 aliphatic heterocycles. The smallest absolute Gasteiger partial charge is 0.462 e. The lowest BCUT2D eigenvalue weighted by Crippen LogP contribution is -2.37. The van der Waals surface area contributed by atoms with Crippen LogP contribution >= 0.6 is 7.82 Å². The van der Waals surface area contributed by atoms with Crippen LogP contribution in [0.5, 0.6) is 0 Å². The van der Waals surface area contributed by atoms with Crippen LogP contribution in [-0.2, 0) is 37.5 Å². The molecule has 2 atom stereocenters. The fourth-order valence-corrected chi connectivity index (χ4v) is 5.85. The van der Waals surface area contributed by atoms with Gasteiger partial charge in [-0.15, -0.1) is 0 Å². The fraction of sp³-hybridized carbons (Fsp3) is 0.917. The summed E-state index contributed by atoms with van der Waals surface area (Å²) in [6.07, 6.45) is 24.9. The molecule has 0 heterocycles. The maximum atomic E-state index is 12.5. The maximum absolute atomic E-state index is 12.5. The van der Waals surface area contributed by atoms with Gasteiger partial charge < -0.3 is 23.6 Å². The standard InChI is InChI=1S/C36H70NO9P/c1-5-6-7-8-9-10-11-12-13-15-18-21-24-27-35(39)43-32-34(33-45-47(41,42)44-31-29-37(2,3)4)46-36(40)28-25-22-19-16-14-17-20-23-26-30-38/h30,34H,5-29,31-33H2,1-4H3/p+1/t34-/m1/s1. The zero-order valence-corrected chi connectivity index (χ0v) is 31.5. The minimum absolute atomic E-state index is 0.0224. The van der Waals surface area contributed by atoms with E-state index in [1.54, 1.807) is 0 Å². The van der Waals surface area contributed by atoms with Crippen molar-refractivity contribution in [3.63, 3.8) is 0 Å². The van der Waals surface area contributed by atoms with Gasteiger partial charge in [0.05, 0.1) is 27.7 Å². The van der Waals surface area contributed by atoms with E-state index in [2.05, 4.69) is 6.92 Å². The first-order chi connectivity index (χ1) is 22.5. The largest absolute Gasteiger partial charge is 0.472 e. The van der Waals surface area contributed by atoms with Crippen LogP contribution in [0, 0.1) is 0 Å². The van der Waals surface area contributed by atoms with Crippen molar-refractivity contribution in [2.75, 3.05) is 47.5 Å². The summed E-state index contributed by atoms with van der Waals surface area (Å²) < 4.78 is 34.0. The molecule has 0 saturated heterocycles. The normalized spacial score (nSPS) is 13.6. The fourth-order valence-electron chi connectivity index (χ4n) is 5.11. The lowest BCUT2D eigenvalue weighted by atomic mass is 10.0. The monoisotopic (exact) mass is 692 g/mol. The highest BCUT2D eigenvalue weighted by Crippen LogP contribution is 2.43. The Morgan fingerprint density at radius 3 is 1.57 bits per heavy atom. The first-order valence-electron chi connectivity index (χ1n) is 18.7. The summed E-state index contributed by atoms with van der Waals surface area (Å²) in [7, 11) is 1.44. The van der Waals surface area contributed by atoms with Crippen molar-refractivity contribution < 1.29 is 46.8 Å². The van der Waals surface area contributed by atoms with Gasteiger partial charge in [-0.1, -0.05) is 122 Å². The molecule has 0 aromatic rings. The summed E-state index contributed by atoms with van der Waals surface area (Å²) in [4.78, 5) is 45.4. The molecule has 0 radical (unpaired) electrons. The Labute approximate surface area is 287 Å². The number of hydrogen-bond donors (Lipinski definition) is 1. The van der Waals surface area contributed by atoms with Crippen LogP contribution in [0.2, 0.25) is 0 Å². The molecule has 0 aliphatic carbocycles. The number of quaternary nitrogens is 1. The van der Waals surface area contributed by atoms with E-state index in [9.17, 15) is 23.8 Å². The number of unbranched alkanes of at least 4 members (excludes halogenated alkanes) is 20. The highest BCUT2D eigenvalue weighted by atomic mass is 31.2. The Morgan fingerprint density at radius 2 is 1.11 bits per heavy atom. The van der Waals surface area contributed by atoms with Gasteiger partial charge in [-0.3, -0.25) is 18.6 Å². The lowest BCUT2D eigenvalue weighted by molar-refractivity contribution is -0.870. The molecule has 1 N–H and O–H groups in total. The Morgan fingerprint density at radius 1 is 0.660 bits per heavy atom. The number of aldehydes is 1. The van der Waals surface area contributed by atoms with Crippen molar-refractivity contribution in [2.24, 2.45) is 0 Å². The highest BCUT2D eigenvalue weighted by molar-refractivity contribution is 7.47. The van der Waals surface area contributed by atoms with Crippen molar-refractivity contribution >= 4 is 26.0 Å². The quantitative estimate of drug-likeness (QED) is 0.0228. The second-order valence-corrected chi connectivity index (χ2v) is 15.4. The number of carbonyl (C=O) groups excluding carboxylic acids is 3. The summed E-state index contributed by atoms with van der Waals surface area (Å²) in [5, 5.41) is 0. The molecule has 47 heavy (non-hydrogen) atoms. The van der Waals surface area contributed by atoms with Crippen molar-refractivity contribution in [1.29, 1.82) is 0 Å². The molecule has 0 rings (SSSR count). The number of carbonyl (C=O) groups is 3. The second-order valence-electron chi connectivity index (χ2n) is 13.9. The van der Waals surface area contributed by atoms with Gasteiger partial charge in [-0.2, -0.15) is 0 Å². The van der Waals surface area contributed by atoms with E-state index >= 15 is 0 Å². The minimum Gasteiger partial charge on any atom is -0.462 e. The van der Waals surface area contributed by atoms with Gasteiger partial charge in [-0.25, -0.2) is 4.57 Å².